The number of aromatic hydroxyl groups is 2. The van der Waals surface area contributed by atoms with Crippen molar-refractivity contribution in [2.75, 3.05) is 14.2 Å². The van der Waals surface area contributed by atoms with Gasteiger partial charge in [-0.15, -0.1) is 0 Å². The molecule has 0 aliphatic heterocycles. The number of nitrogens with zero attached hydrogens (tertiary/aromatic N) is 2. The van der Waals surface area contributed by atoms with E-state index >= 15 is 0 Å². The van der Waals surface area contributed by atoms with Crippen LogP contribution in [0.15, 0.2) is 46.6 Å². The number of methoxy groups -OCH3 is 2. The first-order valence-electron chi connectivity index (χ1n) is 6.70. The summed E-state index contributed by atoms with van der Waals surface area (Å²) in [5, 5.41) is 27.1. The predicted octanol–water partition coefficient (Wildman–Crippen LogP) is 3.09. The van der Waals surface area contributed by atoms with Crippen LogP contribution in [0.5, 0.6) is 11.5 Å². The van der Waals surface area contributed by atoms with Crippen LogP contribution in [-0.2, 0) is 9.47 Å². The second-order valence-electron chi connectivity index (χ2n) is 4.59. The molecule has 0 radical (unpaired) electrons. The summed E-state index contributed by atoms with van der Waals surface area (Å²) < 4.78 is 9.10. The van der Waals surface area contributed by atoms with Gasteiger partial charge in [-0.25, -0.2) is 9.59 Å². The Balaban J connectivity index is 2.31. The maximum absolute atomic E-state index is 11.5. The number of hydrogen-bond acceptors (Lipinski definition) is 8. The van der Waals surface area contributed by atoms with Crippen molar-refractivity contribution in [3.05, 3.63) is 47.5 Å². The highest BCUT2D eigenvalue weighted by molar-refractivity contribution is 5.93. The number of carbonyl (C=O) groups excluding carboxylic acids is 2. The molecule has 0 aromatic heterocycles. The molecule has 0 saturated heterocycles. The average molecular weight is 342 g/mol. The minimum atomic E-state index is -0.706. The van der Waals surface area contributed by atoms with Gasteiger partial charge in [0.15, 0.2) is 0 Å². The summed E-state index contributed by atoms with van der Waals surface area (Å²) in [5.74, 6) is -1.89. The molecule has 124 valence electrons. The van der Waals surface area contributed by atoms with E-state index in [1.165, 1.54) is 50.6 Å². The number of phenols is 2. The third kappa shape index (κ3) is 3.67. The number of azo groups is 1. The van der Waals surface area contributed by atoms with Crippen molar-refractivity contribution < 1.29 is 29.3 Å². The first-order chi connectivity index (χ1) is 11.5. The highest BCUT2D eigenvalue weighted by atomic mass is 16.5. The maximum Gasteiger partial charge on any atom is 0.341 e. The Morgan fingerprint density at radius 2 is 1.17 bits per heavy atom. The molecule has 0 bridgehead atoms. The molecule has 0 aliphatic rings. The standard InChI is InChI=1S/C16H14N2O6/c1-23-15(21)11-7-9(3-5-13(11)19)17-18-10-4-6-14(20)12(8-10)16(22)24-2/h3-8,19-20H,1-2H3/i3+1,4+1,5+1,6+1,7+1,8+1,9+1,10+1,11+1,12+1,13+1,14+1. The van der Waals surface area contributed by atoms with E-state index in [2.05, 4.69) is 19.7 Å². The largest absolute Gasteiger partial charge is 0.507 e. The number of hydrogen-bond donors (Lipinski definition) is 2. The highest BCUT2D eigenvalue weighted by Crippen LogP contribution is 2.28. The van der Waals surface area contributed by atoms with Crippen molar-refractivity contribution in [1.29, 1.82) is 0 Å². The molecule has 0 aliphatic carbocycles. The molecule has 8 heteroatoms. The molecule has 0 atom stereocenters. The quantitative estimate of drug-likeness (QED) is 0.651. The first-order valence-corrected chi connectivity index (χ1v) is 6.70. The fourth-order valence-corrected chi connectivity index (χ4v) is 1.83. The zero-order valence-electron chi connectivity index (χ0n) is 12.9. The van der Waals surface area contributed by atoms with Gasteiger partial charge in [-0.3, -0.25) is 0 Å². The van der Waals surface area contributed by atoms with E-state index in [0.29, 0.717) is 11.4 Å². The van der Waals surface area contributed by atoms with E-state index in [4.69, 9.17) is 0 Å². The van der Waals surface area contributed by atoms with Gasteiger partial charge in [0.05, 0.1) is 25.6 Å². The topological polar surface area (TPSA) is 118 Å². The van der Waals surface area contributed by atoms with Crippen LogP contribution < -0.4 is 0 Å². The van der Waals surface area contributed by atoms with Crippen LogP contribution in [0.3, 0.4) is 0 Å². The molecular weight excluding hydrogens is 328 g/mol. The lowest BCUT2D eigenvalue weighted by molar-refractivity contribution is 0.0588. The Bertz CT molecular complexity index is 749. The van der Waals surface area contributed by atoms with E-state index < -0.39 is 11.9 Å². The van der Waals surface area contributed by atoms with Crippen LogP contribution in [0.1, 0.15) is 20.7 Å². The van der Waals surface area contributed by atoms with Crippen LogP contribution in [0, 0.1) is 0 Å². The summed E-state index contributed by atoms with van der Waals surface area (Å²) in [5.41, 5.74) is 0.492. The number of rotatable bonds is 4. The lowest BCUT2D eigenvalue weighted by atomic mass is 10.9. The van der Waals surface area contributed by atoms with Crippen LogP contribution in [0.25, 0.3) is 0 Å². The second kappa shape index (κ2) is 7.23. The van der Waals surface area contributed by atoms with Gasteiger partial charge in [0.25, 0.3) is 0 Å². The minimum absolute atomic E-state index is 0.0464. The first kappa shape index (κ1) is 16.9. The number of carbonyl (C=O) groups is 2. The molecule has 2 aromatic rings. The van der Waals surface area contributed by atoms with E-state index in [1.54, 1.807) is 0 Å². The normalized spacial score (nSPS) is 10.6. The third-order valence-electron chi connectivity index (χ3n) is 3.05. The molecule has 0 saturated carbocycles. The Hall–Kier alpha value is -3.42. The molecular formula is C16H14N2O6. The van der Waals surface area contributed by atoms with Crippen molar-refractivity contribution in [2.24, 2.45) is 10.2 Å². The smallest absolute Gasteiger partial charge is 0.341 e. The summed E-state index contributed by atoms with van der Waals surface area (Å²) in [6.45, 7) is 0. The van der Waals surface area contributed by atoms with E-state index in [0.717, 1.165) is 0 Å². The molecule has 0 spiro atoms. The average Bonchev–Trinajstić information content (AvgIpc) is 2.60. The van der Waals surface area contributed by atoms with Gasteiger partial charge in [0, 0.05) is 0 Å². The maximum atomic E-state index is 11.5. The Kier molecular flexibility index (Phi) is 5.10. The molecule has 0 fully saturated rings. The summed E-state index contributed by atoms with van der Waals surface area (Å²) in [6, 6.07) is 8.10. The molecule has 8 nitrogen and oxygen atoms in total. The van der Waals surface area contributed by atoms with E-state index in [1.807, 2.05) is 0 Å². The van der Waals surface area contributed by atoms with Gasteiger partial charge in [-0.2, -0.15) is 10.2 Å². The monoisotopic (exact) mass is 342 g/mol. The van der Waals surface area contributed by atoms with Gasteiger partial charge in [-0.05, 0) is 36.4 Å². The Morgan fingerprint density at radius 3 is 1.50 bits per heavy atom. The minimum Gasteiger partial charge on any atom is -0.507 e. The SMILES string of the molecule is COC(=O)[13c]1[13cH][13c](N=N[13c]2[13cH][13cH][13c](O)[13c](C(=O)OC)[13cH]2)[13cH][13cH][13c]1O. The Labute approximate surface area is 137 Å². The number of esters is 2. The lowest BCUT2D eigenvalue weighted by Gasteiger charge is -2.04. The van der Waals surface area contributed by atoms with E-state index in [-0.39, 0.29) is 22.6 Å². The third-order valence-corrected chi connectivity index (χ3v) is 3.05. The van der Waals surface area contributed by atoms with Gasteiger partial charge >= 0.3 is 11.9 Å². The fraction of sp³-hybridized carbons (Fsp3) is 0.125. The highest BCUT2D eigenvalue weighted by Gasteiger charge is 2.13. The van der Waals surface area contributed by atoms with E-state index in [9.17, 15) is 19.8 Å². The molecule has 0 heterocycles. The molecule has 0 unspecified atom stereocenters. The van der Waals surface area contributed by atoms with Crippen molar-refractivity contribution in [1.82, 2.24) is 0 Å². The van der Waals surface area contributed by atoms with Crippen molar-refractivity contribution >= 4 is 23.3 Å². The summed E-state index contributed by atoms with van der Waals surface area (Å²) in [6.07, 6.45) is 0. The molecule has 2 rings (SSSR count). The predicted molar refractivity (Wildman–Crippen MR) is 83.1 cm³/mol. The summed E-state index contributed by atoms with van der Waals surface area (Å²) in [4.78, 5) is 23.0. The molecule has 0 amide bonds. The van der Waals surface area contributed by atoms with Gasteiger partial charge in [-0.1, -0.05) is 0 Å². The fourth-order valence-electron chi connectivity index (χ4n) is 1.83. The van der Waals surface area contributed by atoms with Gasteiger partial charge < -0.3 is 19.7 Å². The summed E-state index contributed by atoms with van der Waals surface area (Å²) >= 11 is 0. The number of ether oxygens (including phenoxy) is 2. The molecule has 2 N–H and O–H groups in total. The van der Waals surface area contributed by atoms with Gasteiger partial charge in [0.2, 0.25) is 0 Å². The van der Waals surface area contributed by atoms with Crippen molar-refractivity contribution in [3.8, 4) is 11.5 Å². The number of benzene rings is 2. The van der Waals surface area contributed by atoms with Crippen molar-refractivity contribution in [3.63, 3.8) is 0 Å². The molecule has 24 heavy (non-hydrogen) atoms. The zero-order valence-corrected chi connectivity index (χ0v) is 12.9. The number of phenolic OH excluding ortho intramolecular Hbond substituents is 2. The van der Waals surface area contributed by atoms with Gasteiger partial charge in [0.1, 0.15) is 22.6 Å². The second-order valence-corrected chi connectivity index (χ2v) is 4.59. The van der Waals surface area contributed by atoms with Crippen molar-refractivity contribution in [2.45, 2.75) is 0 Å². The molecule has 2 aromatic carbocycles. The summed E-state index contributed by atoms with van der Waals surface area (Å²) in [7, 11) is 2.39. The van der Waals surface area contributed by atoms with Crippen LogP contribution in [0.2, 0.25) is 0 Å². The zero-order chi connectivity index (χ0) is 17.7. The Morgan fingerprint density at radius 1 is 0.792 bits per heavy atom. The van der Waals surface area contributed by atoms with Crippen LogP contribution in [0.4, 0.5) is 11.4 Å². The lowest BCUT2D eigenvalue weighted by Crippen LogP contribution is -2.01. The van der Waals surface area contributed by atoms with Crippen LogP contribution >= 0.6 is 0 Å². The van der Waals surface area contributed by atoms with Crippen LogP contribution in [-0.4, -0.2) is 36.4 Å².